The number of para-hydroxylation sites is 1. The van der Waals surface area contributed by atoms with Gasteiger partial charge in [-0.05, 0) is 25.0 Å². The van der Waals surface area contributed by atoms with Crippen molar-refractivity contribution >= 4 is 45.6 Å². The van der Waals surface area contributed by atoms with Crippen molar-refractivity contribution in [3.63, 3.8) is 0 Å². The Kier molecular flexibility index (Phi) is 6.46. The SMILES string of the molecule is O=C(NC(CO)C(=O)O)c1cc2c([nH]c3ccccc32)c(CCC(=O)N2CCCC2C(=O)O)n1. The number of aromatic nitrogens is 2. The van der Waals surface area contributed by atoms with Crippen molar-refractivity contribution < 1.29 is 34.5 Å². The standard InChI is InChI=1S/C23H24N4O7/c28-11-17(22(31)32)26-21(30)16-10-13-12-4-1-2-5-14(12)25-20(13)15(24-16)7-8-19(29)27-9-3-6-18(27)23(33)34/h1-2,4-5,10,17-18,25,28H,3,6-9,11H2,(H,26,30)(H,31,32)(H,33,34). The van der Waals surface area contributed by atoms with Crippen molar-refractivity contribution in [3.8, 4) is 0 Å². The van der Waals surface area contributed by atoms with E-state index in [9.17, 15) is 29.4 Å². The number of carboxylic acid groups (broad SMARTS) is 2. The summed E-state index contributed by atoms with van der Waals surface area (Å²) in [6, 6.07) is 6.62. The maximum absolute atomic E-state index is 12.8. The number of aliphatic carboxylic acids is 2. The summed E-state index contributed by atoms with van der Waals surface area (Å²) in [6.07, 6.45) is 1.19. The molecule has 5 N–H and O–H groups in total. The van der Waals surface area contributed by atoms with Crippen LogP contribution in [-0.4, -0.2) is 79.2 Å². The molecule has 1 aromatic carbocycles. The molecular formula is C23H24N4O7. The number of carboxylic acids is 2. The van der Waals surface area contributed by atoms with Crippen LogP contribution < -0.4 is 5.32 Å². The number of aryl methyl sites for hydroxylation is 1. The molecule has 2 atom stereocenters. The van der Waals surface area contributed by atoms with Gasteiger partial charge in [-0.2, -0.15) is 0 Å². The number of carbonyl (C=O) groups is 4. The number of carbonyl (C=O) groups excluding carboxylic acids is 2. The van der Waals surface area contributed by atoms with Gasteiger partial charge in [-0.15, -0.1) is 0 Å². The number of nitrogens with one attached hydrogen (secondary N) is 2. The number of rotatable bonds is 8. The highest BCUT2D eigenvalue weighted by Crippen LogP contribution is 2.29. The second-order valence-corrected chi connectivity index (χ2v) is 8.18. The minimum Gasteiger partial charge on any atom is -0.480 e. The summed E-state index contributed by atoms with van der Waals surface area (Å²) in [5, 5.41) is 31.5. The Morgan fingerprint density at radius 1 is 1.18 bits per heavy atom. The van der Waals surface area contributed by atoms with Crippen molar-refractivity contribution in [1.29, 1.82) is 0 Å². The van der Waals surface area contributed by atoms with Gasteiger partial charge in [-0.25, -0.2) is 14.6 Å². The Morgan fingerprint density at radius 3 is 2.65 bits per heavy atom. The molecule has 0 aliphatic carbocycles. The van der Waals surface area contributed by atoms with Gasteiger partial charge in [0.05, 0.1) is 17.8 Å². The maximum Gasteiger partial charge on any atom is 0.328 e. The van der Waals surface area contributed by atoms with E-state index in [0.717, 1.165) is 10.9 Å². The van der Waals surface area contributed by atoms with Crippen LogP contribution in [0, 0.1) is 0 Å². The third kappa shape index (κ3) is 4.42. The van der Waals surface area contributed by atoms with Crippen molar-refractivity contribution in [3.05, 3.63) is 41.7 Å². The molecule has 34 heavy (non-hydrogen) atoms. The number of nitrogens with zero attached hydrogens (tertiary/aromatic N) is 2. The fourth-order valence-electron chi connectivity index (χ4n) is 4.32. The summed E-state index contributed by atoms with van der Waals surface area (Å²) < 4.78 is 0. The quantitative estimate of drug-likeness (QED) is 0.324. The average molecular weight is 468 g/mol. The van der Waals surface area contributed by atoms with Crippen LogP contribution in [0.4, 0.5) is 0 Å². The Morgan fingerprint density at radius 2 is 1.94 bits per heavy atom. The molecule has 11 nitrogen and oxygen atoms in total. The normalized spacial score (nSPS) is 16.6. The van der Waals surface area contributed by atoms with Crippen LogP contribution in [0.5, 0.6) is 0 Å². The van der Waals surface area contributed by atoms with Crippen LogP contribution in [0.3, 0.4) is 0 Å². The van der Waals surface area contributed by atoms with Crippen molar-refractivity contribution in [2.75, 3.05) is 13.2 Å². The number of benzene rings is 1. The Balaban J connectivity index is 1.67. The van der Waals surface area contributed by atoms with E-state index in [4.69, 9.17) is 5.11 Å². The summed E-state index contributed by atoms with van der Waals surface area (Å²) in [7, 11) is 0. The average Bonchev–Trinajstić information content (AvgIpc) is 3.45. The first kappa shape index (κ1) is 23.2. The third-order valence-electron chi connectivity index (χ3n) is 6.02. The van der Waals surface area contributed by atoms with Crippen molar-refractivity contribution in [2.24, 2.45) is 0 Å². The van der Waals surface area contributed by atoms with E-state index in [-0.39, 0.29) is 24.4 Å². The number of aromatic amines is 1. The lowest BCUT2D eigenvalue weighted by molar-refractivity contribution is -0.148. The van der Waals surface area contributed by atoms with E-state index in [1.54, 1.807) is 0 Å². The zero-order valence-corrected chi connectivity index (χ0v) is 18.2. The van der Waals surface area contributed by atoms with E-state index in [1.807, 2.05) is 24.3 Å². The molecule has 0 bridgehead atoms. The molecule has 0 spiro atoms. The highest BCUT2D eigenvalue weighted by Gasteiger charge is 2.33. The predicted octanol–water partition coefficient (Wildman–Crippen LogP) is 0.900. The summed E-state index contributed by atoms with van der Waals surface area (Å²) >= 11 is 0. The molecule has 2 amide bonds. The lowest BCUT2D eigenvalue weighted by Gasteiger charge is -2.21. The number of aliphatic hydroxyl groups excluding tert-OH is 1. The van der Waals surface area contributed by atoms with Gasteiger partial charge < -0.3 is 30.5 Å². The third-order valence-corrected chi connectivity index (χ3v) is 6.02. The van der Waals surface area contributed by atoms with Crippen molar-refractivity contribution in [1.82, 2.24) is 20.2 Å². The first-order valence-corrected chi connectivity index (χ1v) is 10.9. The number of hydrogen-bond acceptors (Lipinski definition) is 6. The van der Waals surface area contributed by atoms with Gasteiger partial charge in [-0.3, -0.25) is 9.59 Å². The molecule has 1 saturated heterocycles. The van der Waals surface area contributed by atoms with Gasteiger partial charge >= 0.3 is 11.9 Å². The summed E-state index contributed by atoms with van der Waals surface area (Å²) in [5.74, 6) is -3.49. The molecule has 0 saturated carbocycles. The molecular weight excluding hydrogens is 444 g/mol. The van der Waals surface area contributed by atoms with Crippen LogP contribution >= 0.6 is 0 Å². The van der Waals surface area contributed by atoms with Crippen LogP contribution in [-0.2, 0) is 20.8 Å². The molecule has 1 fully saturated rings. The summed E-state index contributed by atoms with van der Waals surface area (Å²) in [5.41, 5.74) is 1.81. The fourth-order valence-corrected chi connectivity index (χ4v) is 4.32. The number of likely N-dealkylation sites (tertiary alicyclic amines) is 1. The van der Waals surface area contributed by atoms with Crippen LogP contribution in [0.25, 0.3) is 21.8 Å². The monoisotopic (exact) mass is 468 g/mol. The summed E-state index contributed by atoms with van der Waals surface area (Å²) in [4.78, 5) is 57.2. The fraction of sp³-hybridized carbons (Fsp3) is 0.348. The van der Waals surface area contributed by atoms with Gasteiger partial charge in [0.25, 0.3) is 5.91 Å². The highest BCUT2D eigenvalue weighted by molar-refractivity contribution is 6.10. The second kappa shape index (κ2) is 9.48. The molecule has 4 rings (SSSR count). The Labute approximate surface area is 193 Å². The van der Waals surface area contributed by atoms with Gasteiger partial charge in [0.1, 0.15) is 11.7 Å². The first-order chi connectivity index (χ1) is 16.3. The van der Waals surface area contributed by atoms with Gasteiger partial charge in [0.2, 0.25) is 5.91 Å². The predicted molar refractivity (Wildman–Crippen MR) is 120 cm³/mol. The number of pyridine rings is 1. The molecule has 1 aliphatic rings. The maximum atomic E-state index is 12.8. The van der Waals surface area contributed by atoms with Crippen molar-refractivity contribution in [2.45, 2.75) is 37.8 Å². The number of aliphatic hydroxyl groups is 1. The largest absolute Gasteiger partial charge is 0.480 e. The molecule has 2 aromatic heterocycles. The molecule has 11 heteroatoms. The number of fused-ring (bicyclic) bond motifs is 3. The van der Waals surface area contributed by atoms with E-state index in [1.165, 1.54) is 11.0 Å². The smallest absolute Gasteiger partial charge is 0.328 e. The van der Waals surface area contributed by atoms with Crippen LogP contribution in [0.15, 0.2) is 30.3 Å². The topological polar surface area (TPSA) is 173 Å². The highest BCUT2D eigenvalue weighted by atomic mass is 16.4. The molecule has 2 unspecified atom stereocenters. The Bertz CT molecular complexity index is 1290. The lowest BCUT2D eigenvalue weighted by Crippen LogP contribution is -2.43. The van der Waals surface area contributed by atoms with E-state index in [0.29, 0.717) is 36.0 Å². The second-order valence-electron chi connectivity index (χ2n) is 8.18. The molecule has 3 heterocycles. The lowest BCUT2D eigenvalue weighted by atomic mass is 10.1. The first-order valence-electron chi connectivity index (χ1n) is 10.9. The van der Waals surface area contributed by atoms with Crippen LogP contribution in [0.1, 0.15) is 35.4 Å². The molecule has 178 valence electrons. The van der Waals surface area contributed by atoms with E-state index in [2.05, 4.69) is 15.3 Å². The zero-order valence-electron chi connectivity index (χ0n) is 18.2. The minimum absolute atomic E-state index is 0.000703. The number of amides is 2. The Hall–Kier alpha value is -3.99. The molecule has 3 aromatic rings. The van der Waals surface area contributed by atoms with E-state index >= 15 is 0 Å². The van der Waals surface area contributed by atoms with Gasteiger partial charge in [0.15, 0.2) is 6.04 Å². The molecule has 0 radical (unpaired) electrons. The van der Waals surface area contributed by atoms with Crippen LogP contribution in [0.2, 0.25) is 0 Å². The van der Waals surface area contributed by atoms with E-state index < -0.39 is 36.5 Å². The minimum atomic E-state index is -1.49. The van der Waals surface area contributed by atoms with Gasteiger partial charge in [0, 0.05) is 35.7 Å². The zero-order chi connectivity index (χ0) is 24.4. The summed E-state index contributed by atoms with van der Waals surface area (Å²) in [6.45, 7) is -0.399. The molecule has 1 aliphatic heterocycles. The number of H-pyrrole nitrogens is 1. The van der Waals surface area contributed by atoms with Gasteiger partial charge in [-0.1, -0.05) is 18.2 Å². The number of hydrogen-bond donors (Lipinski definition) is 5.